The Labute approximate surface area is 155 Å². The number of nitrogens with zero attached hydrogens (tertiary/aromatic N) is 1. The van der Waals surface area contributed by atoms with Crippen molar-refractivity contribution in [1.29, 1.82) is 0 Å². The maximum Gasteiger partial charge on any atom is 0.224 e. The Bertz CT molecular complexity index is 737. The lowest BCUT2D eigenvalue weighted by Gasteiger charge is -2.29. The average molecular weight is 350 g/mol. The highest BCUT2D eigenvalue weighted by Crippen LogP contribution is 2.44. The van der Waals surface area contributed by atoms with Crippen molar-refractivity contribution in [2.75, 3.05) is 36.5 Å². The Morgan fingerprint density at radius 2 is 1.85 bits per heavy atom. The fourth-order valence-electron chi connectivity index (χ4n) is 3.77. The van der Waals surface area contributed by atoms with Crippen molar-refractivity contribution in [3.8, 4) is 0 Å². The lowest BCUT2D eigenvalue weighted by molar-refractivity contribution is -0.116. The van der Waals surface area contributed by atoms with Crippen LogP contribution in [-0.2, 0) is 9.53 Å². The maximum absolute atomic E-state index is 12.7. The van der Waals surface area contributed by atoms with Crippen molar-refractivity contribution in [2.45, 2.75) is 25.2 Å². The molecule has 2 fully saturated rings. The molecule has 2 aromatic carbocycles. The van der Waals surface area contributed by atoms with Crippen LogP contribution in [0.4, 0.5) is 11.4 Å². The number of morpholine rings is 1. The summed E-state index contributed by atoms with van der Waals surface area (Å²) in [5.74, 6) is 1.09. The van der Waals surface area contributed by atoms with E-state index < -0.39 is 0 Å². The van der Waals surface area contributed by atoms with Crippen LogP contribution >= 0.6 is 0 Å². The van der Waals surface area contributed by atoms with Crippen LogP contribution in [0.3, 0.4) is 0 Å². The molecule has 1 aliphatic carbocycles. The van der Waals surface area contributed by atoms with Crippen molar-refractivity contribution >= 4 is 17.3 Å². The predicted octanol–water partition coefficient (Wildman–Crippen LogP) is 4.05. The minimum absolute atomic E-state index is 0.102. The van der Waals surface area contributed by atoms with Crippen LogP contribution in [0, 0.1) is 5.92 Å². The van der Waals surface area contributed by atoms with Gasteiger partial charge in [0.25, 0.3) is 0 Å². The topological polar surface area (TPSA) is 41.6 Å². The molecule has 4 heteroatoms. The first-order valence-electron chi connectivity index (χ1n) is 9.57. The van der Waals surface area contributed by atoms with Gasteiger partial charge in [-0.05, 0) is 48.4 Å². The van der Waals surface area contributed by atoms with Crippen LogP contribution < -0.4 is 10.2 Å². The second-order valence-electron chi connectivity index (χ2n) is 7.26. The summed E-state index contributed by atoms with van der Waals surface area (Å²) in [5, 5.41) is 3.11. The van der Waals surface area contributed by atoms with E-state index >= 15 is 0 Å². The summed E-state index contributed by atoms with van der Waals surface area (Å²) in [6, 6.07) is 18.6. The van der Waals surface area contributed by atoms with E-state index in [0.29, 0.717) is 18.3 Å². The standard InChI is InChI=1S/C22H26N2O2/c25-22(16-21(18-9-10-18)17-5-2-1-3-6-17)23-19-7-4-8-20(15-19)24-11-13-26-14-12-24/h1-8,15,18,21H,9-14,16H2,(H,23,25). The molecule has 1 N–H and O–H groups in total. The molecule has 1 atom stereocenters. The molecule has 1 heterocycles. The van der Waals surface area contributed by atoms with Gasteiger partial charge in [-0.15, -0.1) is 0 Å². The highest BCUT2D eigenvalue weighted by Gasteiger charge is 2.33. The number of benzene rings is 2. The maximum atomic E-state index is 12.7. The number of hydrogen-bond acceptors (Lipinski definition) is 3. The third-order valence-electron chi connectivity index (χ3n) is 5.33. The van der Waals surface area contributed by atoms with Gasteiger partial charge in [-0.1, -0.05) is 36.4 Å². The molecule has 1 saturated carbocycles. The van der Waals surface area contributed by atoms with E-state index in [1.165, 1.54) is 18.4 Å². The number of ether oxygens (including phenoxy) is 1. The Kier molecular flexibility index (Phi) is 5.21. The van der Waals surface area contributed by atoms with Gasteiger partial charge in [0.1, 0.15) is 0 Å². The number of carbonyl (C=O) groups excluding carboxylic acids is 1. The average Bonchev–Trinajstić information content (AvgIpc) is 3.53. The van der Waals surface area contributed by atoms with Crippen molar-refractivity contribution < 1.29 is 9.53 Å². The number of rotatable bonds is 6. The molecular formula is C22H26N2O2. The summed E-state index contributed by atoms with van der Waals surface area (Å²) in [4.78, 5) is 15.0. The smallest absolute Gasteiger partial charge is 0.224 e. The molecule has 2 aliphatic rings. The first-order chi connectivity index (χ1) is 12.8. The van der Waals surface area contributed by atoms with Crippen LogP contribution in [0.1, 0.15) is 30.7 Å². The van der Waals surface area contributed by atoms with E-state index in [0.717, 1.165) is 37.7 Å². The molecule has 1 unspecified atom stereocenters. The van der Waals surface area contributed by atoms with Gasteiger partial charge >= 0.3 is 0 Å². The summed E-state index contributed by atoms with van der Waals surface area (Å²) in [6.45, 7) is 3.32. The highest BCUT2D eigenvalue weighted by atomic mass is 16.5. The molecule has 1 aliphatic heterocycles. The van der Waals surface area contributed by atoms with Crippen LogP contribution in [0.25, 0.3) is 0 Å². The fourth-order valence-corrected chi connectivity index (χ4v) is 3.77. The molecule has 0 spiro atoms. The lowest BCUT2D eigenvalue weighted by Crippen LogP contribution is -2.36. The molecule has 1 saturated heterocycles. The normalized spacial score (nSPS) is 18.4. The van der Waals surface area contributed by atoms with E-state index in [1.54, 1.807) is 0 Å². The zero-order valence-electron chi connectivity index (χ0n) is 15.1. The van der Waals surface area contributed by atoms with Crippen LogP contribution in [0.2, 0.25) is 0 Å². The van der Waals surface area contributed by atoms with Crippen molar-refractivity contribution in [1.82, 2.24) is 0 Å². The molecular weight excluding hydrogens is 324 g/mol. The molecule has 1 amide bonds. The summed E-state index contributed by atoms with van der Waals surface area (Å²) < 4.78 is 5.42. The monoisotopic (exact) mass is 350 g/mol. The van der Waals surface area contributed by atoms with Gasteiger partial charge in [-0.3, -0.25) is 4.79 Å². The van der Waals surface area contributed by atoms with Gasteiger partial charge in [-0.2, -0.15) is 0 Å². The quantitative estimate of drug-likeness (QED) is 0.855. The van der Waals surface area contributed by atoms with E-state index in [-0.39, 0.29) is 5.91 Å². The van der Waals surface area contributed by atoms with Crippen molar-refractivity contribution in [3.05, 3.63) is 60.2 Å². The molecule has 0 bridgehead atoms. The Morgan fingerprint density at radius 1 is 1.08 bits per heavy atom. The first kappa shape index (κ1) is 17.1. The molecule has 2 aromatic rings. The van der Waals surface area contributed by atoms with Gasteiger partial charge < -0.3 is 15.0 Å². The number of nitrogens with one attached hydrogen (secondary N) is 1. The van der Waals surface area contributed by atoms with Gasteiger partial charge in [0, 0.05) is 30.9 Å². The highest BCUT2D eigenvalue weighted by molar-refractivity contribution is 5.91. The second-order valence-corrected chi connectivity index (χ2v) is 7.26. The van der Waals surface area contributed by atoms with Crippen molar-refractivity contribution in [3.63, 3.8) is 0 Å². The fraction of sp³-hybridized carbons (Fsp3) is 0.409. The Morgan fingerprint density at radius 3 is 2.58 bits per heavy atom. The van der Waals surface area contributed by atoms with E-state index in [1.807, 2.05) is 18.2 Å². The van der Waals surface area contributed by atoms with Gasteiger partial charge in [-0.25, -0.2) is 0 Å². The minimum Gasteiger partial charge on any atom is -0.378 e. The second kappa shape index (κ2) is 7.92. The third-order valence-corrected chi connectivity index (χ3v) is 5.33. The number of hydrogen-bond donors (Lipinski definition) is 1. The first-order valence-corrected chi connectivity index (χ1v) is 9.57. The minimum atomic E-state index is 0.102. The van der Waals surface area contributed by atoms with Crippen molar-refractivity contribution in [2.24, 2.45) is 5.92 Å². The molecule has 0 aromatic heterocycles. The largest absolute Gasteiger partial charge is 0.378 e. The van der Waals surface area contributed by atoms with E-state index in [2.05, 4.69) is 46.6 Å². The predicted molar refractivity (Wildman–Crippen MR) is 105 cm³/mol. The van der Waals surface area contributed by atoms with Crippen LogP contribution in [-0.4, -0.2) is 32.2 Å². The van der Waals surface area contributed by atoms with Crippen LogP contribution in [0.15, 0.2) is 54.6 Å². The Hall–Kier alpha value is -2.33. The number of carbonyl (C=O) groups is 1. The number of amides is 1. The summed E-state index contributed by atoms with van der Waals surface area (Å²) in [6.07, 6.45) is 3.02. The Balaban J connectivity index is 1.41. The number of anilines is 2. The molecule has 26 heavy (non-hydrogen) atoms. The summed E-state index contributed by atoms with van der Waals surface area (Å²) in [7, 11) is 0. The molecule has 0 radical (unpaired) electrons. The summed E-state index contributed by atoms with van der Waals surface area (Å²) >= 11 is 0. The lowest BCUT2D eigenvalue weighted by atomic mass is 9.91. The van der Waals surface area contributed by atoms with Crippen LogP contribution in [0.5, 0.6) is 0 Å². The zero-order valence-corrected chi connectivity index (χ0v) is 15.1. The molecule has 4 nitrogen and oxygen atoms in total. The zero-order chi connectivity index (χ0) is 17.8. The van der Waals surface area contributed by atoms with Gasteiger partial charge in [0.2, 0.25) is 5.91 Å². The molecule has 136 valence electrons. The van der Waals surface area contributed by atoms with Gasteiger partial charge in [0.05, 0.1) is 13.2 Å². The van der Waals surface area contributed by atoms with E-state index in [4.69, 9.17) is 4.74 Å². The van der Waals surface area contributed by atoms with E-state index in [9.17, 15) is 4.79 Å². The molecule has 4 rings (SSSR count). The van der Waals surface area contributed by atoms with Gasteiger partial charge in [0.15, 0.2) is 0 Å². The third kappa shape index (κ3) is 4.25. The SMILES string of the molecule is O=C(CC(c1ccccc1)C1CC1)Nc1cccc(N2CCOCC2)c1. The summed E-state index contributed by atoms with van der Waals surface area (Å²) in [5.41, 5.74) is 3.31.